The van der Waals surface area contributed by atoms with Gasteiger partial charge in [-0.1, -0.05) is 18.3 Å². The third kappa shape index (κ3) is 5.42. The molecule has 2 fully saturated rings. The van der Waals surface area contributed by atoms with Gasteiger partial charge in [-0.25, -0.2) is 14.4 Å². The van der Waals surface area contributed by atoms with Gasteiger partial charge in [0.2, 0.25) is 0 Å². The molecule has 4 aliphatic rings. The molecule has 0 atom stereocenters. The van der Waals surface area contributed by atoms with Crippen LogP contribution in [0.4, 0.5) is 9.52 Å². The van der Waals surface area contributed by atoms with Crippen molar-refractivity contribution in [3.05, 3.63) is 99.8 Å². The largest absolute Gasteiger partial charge is 0.348 e. The third-order valence-electron chi connectivity index (χ3n) is 9.47. The minimum atomic E-state index is -0.336. The first-order valence-corrected chi connectivity index (χ1v) is 16.4. The Bertz CT molecular complexity index is 1850. The SMILES string of the molecule is CCC1=C(N(C)c2nc(-c3ccc(F)cc3)c(C#N)s2)N2C=C(c3cnc(C(=O)NC4CC5(CNC5)C4)cn3)C=CC2=C(C)CC1. The van der Waals surface area contributed by atoms with Gasteiger partial charge in [-0.2, -0.15) is 5.26 Å². The molecule has 0 bridgehead atoms. The van der Waals surface area contributed by atoms with Gasteiger partial charge in [0, 0.05) is 49.2 Å². The fourth-order valence-corrected chi connectivity index (χ4v) is 7.64. The molecular formula is C35H35FN8OS. The number of benzene rings is 1. The van der Waals surface area contributed by atoms with Gasteiger partial charge in [0.25, 0.3) is 5.91 Å². The number of nitrogens with zero attached hydrogens (tertiary/aromatic N) is 6. The quantitative estimate of drug-likeness (QED) is 0.320. The zero-order valence-corrected chi connectivity index (χ0v) is 26.9. The van der Waals surface area contributed by atoms with Crippen LogP contribution in [0.3, 0.4) is 0 Å². The zero-order chi connectivity index (χ0) is 32.0. The number of halogens is 1. The Kier molecular flexibility index (Phi) is 7.79. The maximum absolute atomic E-state index is 13.6. The van der Waals surface area contributed by atoms with Crippen LogP contribution >= 0.6 is 11.3 Å². The summed E-state index contributed by atoms with van der Waals surface area (Å²) in [6.45, 7) is 6.39. The normalized spacial score (nSPS) is 18.8. The van der Waals surface area contributed by atoms with E-state index < -0.39 is 0 Å². The molecule has 234 valence electrons. The maximum atomic E-state index is 13.6. The lowest BCUT2D eigenvalue weighted by Gasteiger charge is -2.54. The summed E-state index contributed by atoms with van der Waals surface area (Å²) in [6, 6.07) is 8.54. The highest BCUT2D eigenvalue weighted by Crippen LogP contribution is 2.44. The van der Waals surface area contributed by atoms with Crippen molar-refractivity contribution in [2.75, 3.05) is 25.0 Å². The van der Waals surface area contributed by atoms with E-state index in [0.29, 0.717) is 38.1 Å². The summed E-state index contributed by atoms with van der Waals surface area (Å²) in [4.78, 5) is 31.6. The van der Waals surface area contributed by atoms with E-state index in [4.69, 9.17) is 4.98 Å². The van der Waals surface area contributed by atoms with Crippen LogP contribution in [0, 0.1) is 22.6 Å². The number of rotatable bonds is 7. The van der Waals surface area contributed by atoms with Gasteiger partial charge in [0.15, 0.2) is 5.13 Å². The molecule has 1 amide bonds. The van der Waals surface area contributed by atoms with Gasteiger partial charge in [0.1, 0.15) is 34.0 Å². The van der Waals surface area contributed by atoms with E-state index in [1.165, 1.54) is 34.6 Å². The molecule has 1 saturated carbocycles. The molecule has 46 heavy (non-hydrogen) atoms. The molecule has 5 heterocycles. The highest BCUT2D eigenvalue weighted by atomic mass is 32.1. The molecule has 1 spiro atoms. The number of carbonyl (C=O) groups is 1. The second kappa shape index (κ2) is 11.9. The number of carbonyl (C=O) groups excluding carboxylic acids is 1. The molecule has 9 nitrogen and oxygen atoms in total. The summed E-state index contributed by atoms with van der Waals surface area (Å²) in [5.41, 5.74) is 7.05. The molecule has 7 rings (SSSR count). The Balaban J connectivity index is 1.17. The van der Waals surface area contributed by atoms with Gasteiger partial charge in [0.05, 0.1) is 18.1 Å². The molecule has 3 aliphatic heterocycles. The van der Waals surface area contributed by atoms with Crippen molar-refractivity contribution in [1.29, 1.82) is 5.26 Å². The maximum Gasteiger partial charge on any atom is 0.271 e. The minimum absolute atomic E-state index is 0.188. The lowest BCUT2D eigenvalue weighted by molar-refractivity contribution is 0.0231. The van der Waals surface area contributed by atoms with E-state index in [0.717, 1.165) is 62.3 Å². The molecule has 1 aliphatic carbocycles. The average Bonchev–Trinajstić information content (AvgIpc) is 3.42. The van der Waals surface area contributed by atoms with Crippen LogP contribution in [-0.4, -0.2) is 51.9 Å². The minimum Gasteiger partial charge on any atom is -0.348 e. The van der Waals surface area contributed by atoms with E-state index in [9.17, 15) is 14.4 Å². The Labute approximate surface area is 271 Å². The molecule has 1 saturated heterocycles. The highest BCUT2D eigenvalue weighted by Gasteiger charge is 2.48. The number of aromatic nitrogens is 3. The van der Waals surface area contributed by atoms with Gasteiger partial charge in [-0.3, -0.25) is 9.78 Å². The van der Waals surface area contributed by atoms with Crippen LogP contribution in [0.15, 0.2) is 77.7 Å². The fraction of sp³-hybridized carbons (Fsp3) is 0.343. The van der Waals surface area contributed by atoms with Gasteiger partial charge in [-0.05, 0) is 92.0 Å². The van der Waals surface area contributed by atoms with E-state index in [-0.39, 0.29) is 17.8 Å². The number of hydrogen-bond acceptors (Lipinski definition) is 9. The molecule has 2 N–H and O–H groups in total. The van der Waals surface area contributed by atoms with E-state index >= 15 is 0 Å². The standard InChI is InChI=1S/C35H35FN8OS/c1-4-22-6-5-21(2)29-12-9-24(27-16-40-28(17-39-27)32(45)41-26-13-35(14-26)19-38-20-35)18-44(29)33(22)43(3)34-42-31(30(15-37)46-34)23-7-10-25(36)11-8-23/h7-12,16-18,26,38H,4-6,13-14,19-20H2,1-3H3,(H,41,45). The summed E-state index contributed by atoms with van der Waals surface area (Å²) in [7, 11) is 1.97. The number of thiazole rings is 1. The lowest BCUT2D eigenvalue weighted by Crippen LogP contribution is -2.65. The van der Waals surface area contributed by atoms with Crippen molar-refractivity contribution in [2.24, 2.45) is 5.41 Å². The van der Waals surface area contributed by atoms with Crippen LogP contribution < -0.4 is 15.5 Å². The molecule has 1 aromatic carbocycles. The Morgan fingerprint density at radius 3 is 2.63 bits per heavy atom. The second-order valence-electron chi connectivity index (χ2n) is 12.6. The van der Waals surface area contributed by atoms with Crippen LogP contribution in [0.1, 0.15) is 67.0 Å². The Morgan fingerprint density at radius 2 is 1.98 bits per heavy atom. The van der Waals surface area contributed by atoms with Crippen molar-refractivity contribution in [2.45, 2.75) is 52.0 Å². The van der Waals surface area contributed by atoms with Gasteiger partial charge < -0.3 is 20.4 Å². The predicted octanol–water partition coefficient (Wildman–Crippen LogP) is 6.13. The van der Waals surface area contributed by atoms with Crippen molar-refractivity contribution < 1.29 is 9.18 Å². The van der Waals surface area contributed by atoms with Gasteiger partial charge in [-0.15, -0.1) is 0 Å². The summed E-state index contributed by atoms with van der Waals surface area (Å²) in [5, 5.41) is 17.0. The molecular weight excluding hydrogens is 600 g/mol. The first-order chi connectivity index (χ1) is 22.3. The first-order valence-electron chi connectivity index (χ1n) is 15.6. The average molecular weight is 635 g/mol. The second-order valence-corrected chi connectivity index (χ2v) is 13.5. The number of fused-ring (bicyclic) bond motifs is 1. The summed E-state index contributed by atoms with van der Waals surface area (Å²) >= 11 is 1.32. The third-order valence-corrected chi connectivity index (χ3v) is 10.5. The molecule has 2 aromatic heterocycles. The molecule has 0 radical (unpaired) electrons. The number of hydrogen-bond donors (Lipinski definition) is 2. The zero-order valence-electron chi connectivity index (χ0n) is 26.1. The van der Waals surface area contributed by atoms with Crippen molar-refractivity contribution in [3.8, 4) is 17.3 Å². The van der Waals surface area contributed by atoms with E-state index in [1.807, 2.05) is 18.0 Å². The fourth-order valence-electron chi connectivity index (χ4n) is 6.79. The molecule has 11 heteroatoms. The Morgan fingerprint density at radius 1 is 1.20 bits per heavy atom. The highest BCUT2D eigenvalue weighted by molar-refractivity contribution is 7.16. The van der Waals surface area contributed by atoms with Crippen LogP contribution in [0.25, 0.3) is 16.8 Å². The van der Waals surface area contributed by atoms with Crippen molar-refractivity contribution in [3.63, 3.8) is 0 Å². The number of nitriles is 1. The van der Waals surface area contributed by atoms with Gasteiger partial charge >= 0.3 is 0 Å². The number of anilines is 1. The van der Waals surface area contributed by atoms with Crippen molar-refractivity contribution in [1.82, 2.24) is 30.5 Å². The smallest absolute Gasteiger partial charge is 0.271 e. The summed E-state index contributed by atoms with van der Waals surface area (Å²) < 4.78 is 13.6. The van der Waals surface area contributed by atoms with Crippen LogP contribution in [0.2, 0.25) is 0 Å². The number of nitrogens with one attached hydrogen (secondary N) is 2. The lowest BCUT2D eigenvalue weighted by atomic mass is 9.61. The number of amides is 1. The topological polar surface area (TPSA) is 110 Å². The molecule has 3 aromatic rings. The monoisotopic (exact) mass is 634 g/mol. The Hall–Kier alpha value is -4.66. The van der Waals surface area contributed by atoms with E-state index in [2.05, 4.69) is 57.7 Å². The molecule has 0 unspecified atom stereocenters. The van der Waals surface area contributed by atoms with E-state index in [1.54, 1.807) is 24.5 Å². The first kappa shape index (κ1) is 30.0. The van der Waals surface area contributed by atoms with Crippen molar-refractivity contribution >= 4 is 27.9 Å². The van der Waals surface area contributed by atoms with Crippen LogP contribution in [-0.2, 0) is 0 Å². The van der Waals surface area contributed by atoms with Crippen LogP contribution in [0.5, 0.6) is 0 Å². The number of allylic oxidation sites excluding steroid dienone is 5. The summed E-state index contributed by atoms with van der Waals surface area (Å²) in [6.07, 6.45) is 14.1. The summed E-state index contributed by atoms with van der Waals surface area (Å²) in [5.74, 6) is 0.452. The predicted molar refractivity (Wildman–Crippen MR) is 177 cm³/mol.